The Morgan fingerprint density at radius 3 is 2.00 bits per heavy atom. The van der Waals surface area contributed by atoms with Crippen LogP contribution in [0.2, 0.25) is 0 Å². The van der Waals surface area contributed by atoms with Crippen LogP contribution >= 0.6 is 0 Å². The average Bonchev–Trinajstić information content (AvgIpc) is 2.68. The molecule has 0 spiro atoms. The first-order chi connectivity index (χ1) is 9.84. The number of hydrogen-bond donors (Lipinski definition) is 0. The number of imide groups is 1. The molecule has 2 aliphatic rings. The van der Waals surface area contributed by atoms with Gasteiger partial charge in [0.25, 0.3) is 11.8 Å². The summed E-state index contributed by atoms with van der Waals surface area (Å²) in [5, 5.41) is 0. The standard InChI is InChI=1S/C16H21NO4/c1-9(2)15(21-16(20)10(3)4)17-13(18)11-7-5-6-8-12(11)14(17)19/h9,15H,3,5-8H2,1-2,4H3. The quantitative estimate of drug-likeness (QED) is 0.453. The predicted octanol–water partition coefficient (Wildman–Crippen LogP) is 2.33. The van der Waals surface area contributed by atoms with E-state index in [0.717, 1.165) is 17.7 Å². The Kier molecular flexibility index (Phi) is 4.30. The van der Waals surface area contributed by atoms with Crippen LogP contribution in [0.3, 0.4) is 0 Å². The maximum absolute atomic E-state index is 12.5. The molecule has 0 fully saturated rings. The summed E-state index contributed by atoms with van der Waals surface area (Å²) in [5.41, 5.74) is 1.45. The maximum Gasteiger partial charge on any atom is 0.335 e. The van der Waals surface area contributed by atoms with Crippen molar-refractivity contribution in [3.05, 3.63) is 23.3 Å². The van der Waals surface area contributed by atoms with E-state index < -0.39 is 12.2 Å². The van der Waals surface area contributed by atoms with Crippen LogP contribution in [0.15, 0.2) is 23.3 Å². The van der Waals surface area contributed by atoms with Gasteiger partial charge in [-0.05, 0) is 32.6 Å². The number of amides is 2. The Bertz CT molecular complexity index is 516. The third-order valence-corrected chi connectivity index (χ3v) is 3.82. The molecule has 0 aromatic rings. The highest BCUT2D eigenvalue weighted by molar-refractivity contribution is 6.19. The first-order valence-electron chi connectivity index (χ1n) is 7.31. The molecule has 5 heteroatoms. The second-order valence-corrected chi connectivity index (χ2v) is 5.96. The van der Waals surface area contributed by atoms with Crippen molar-refractivity contribution in [2.75, 3.05) is 0 Å². The number of carbonyl (C=O) groups excluding carboxylic acids is 3. The topological polar surface area (TPSA) is 63.7 Å². The number of nitrogens with zero attached hydrogens (tertiary/aromatic N) is 1. The zero-order chi connectivity index (χ0) is 15.7. The van der Waals surface area contributed by atoms with Gasteiger partial charge in [0.15, 0.2) is 6.23 Å². The van der Waals surface area contributed by atoms with Gasteiger partial charge in [0, 0.05) is 22.6 Å². The van der Waals surface area contributed by atoms with Gasteiger partial charge >= 0.3 is 5.97 Å². The molecular formula is C16H21NO4. The van der Waals surface area contributed by atoms with E-state index in [4.69, 9.17) is 4.74 Å². The summed E-state index contributed by atoms with van der Waals surface area (Å²) in [6, 6.07) is 0. The van der Waals surface area contributed by atoms with Gasteiger partial charge in [-0.2, -0.15) is 0 Å². The normalized spacial score (nSPS) is 19.9. The van der Waals surface area contributed by atoms with Crippen molar-refractivity contribution in [1.29, 1.82) is 0 Å². The molecule has 5 nitrogen and oxygen atoms in total. The first-order valence-corrected chi connectivity index (χ1v) is 7.31. The lowest BCUT2D eigenvalue weighted by Crippen LogP contribution is -2.46. The summed E-state index contributed by atoms with van der Waals surface area (Å²) in [6.07, 6.45) is 2.23. The van der Waals surface area contributed by atoms with Gasteiger partial charge in [0.2, 0.25) is 0 Å². The maximum atomic E-state index is 12.5. The number of hydrogen-bond acceptors (Lipinski definition) is 4. The van der Waals surface area contributed by atoms with Gasteiger partial charge in [0.05, 0.1) is 0 Å². The van der Waals surface area contributed by atoms with Crippen LogP contribution in [0.4, 0.5) is 0 Å². The van der Waals surface area contributed by atoms with Crippen molar-refractivity contribution in [2.24, 2.45) is 5.92 Å². The molecule has 0 N–H and O–H groups in total. The third kappa shape index (κ3) is 2.77. The Hall–Kier alpha value is -1.91. The first kappa shape index (κ1) is 15.5. The Morgan fingerprint density at radius 1 is 1.14 bits per heavy atom. The molecule has 0 aromatic carbocycles. The third-order valence-electron chi connectivity index (χ3n) is 3.82. The van der Waals surface area contributed by atoms with E-state index in [1.165, 1.54) is 6.92 Å². The highest BCUT2D eigenvalue weighted by Gasteiger charge is 2.44. The van der Waals surface area contributed by atoms with Crippen LogP contribution in [0, 0.1) is 5.92 Å². The minimum Gasteiger partial charge on any atom is -0.437 e. The highest BCUT2D eigenvalue weighted by atomic mass is 16.6. The molecule has 1 heterocycles. The van der Waals surface area contributed by atoms with Crippen molar-refractivity contribution >= 4 is 17.8 Å². The van der Waals surface area contributed by atoms with Crippen LogP contribution in [-0.2, 0) is 19.1 Å². The van der Waals surface area contributed by atoms with Crippen LogP contribution in [0.1, 0.15) is 46.5 Å². The second-order valence-electron chi connectivity index (χ2n) is 5.96. The van der Waals surface area contributed by atoms with Crippen LogP contribution in [0.5, 0.6) is 0 Å². The number of esters is 1. The number of carbonyl (C=O) groups is 3. The second kappa shape index (κ2) is 5.84. The van der Waals surface area contributed by atoms with Gasteiger partial charge < -0.3 is 4.74 Å². The minimum absolute atomic E-state index is 0.178. The molecule has 0 saturated carbocycles. The van der Waals surface area contributed by atoms with E-state index in [0.29, 0.717) is 24.0 Å². The van der Waals surface area contributed by atoms with Crippen molar-refractivity contribution < 1.29 is 19.1 Å². The molecule has 1 aliphatic heterocycles. The fourth-order valence-corrected chi connectivity index (χ4v) is 2.69. The number of rotatable bonds is 4. The van der Waals surface area contributed by atoms with E-state index in [9.17, 15) is 14.4 Å². The molecule has 2 amide bonds. The molecule has 0 bridgehead atoms. The Balaban J connectivity index is 2.26. The molecule has 114 valence electrons. The zero-order valence-electron chi connectivity index (χ0n) is 12.8. The smallest absolute Gasteiger partial charge is 0.335 e. The van der Waals surface area contributed by atoms with Crippen molar-refractivity contribution in [1.82, 2.24) is 4.90 Å². The van der Waals surface area contributed by atoms with Crippen LogP contribution in [0.25, 0.3) is 0 Å². The Morgan fingerprint density at radius 2 is 1.62 bits per heavy atom. The molecule has 1 aliphatic carbocycles. The van der Waals surface area contributed by atoms with Crippen LogP contribution in [-0.4, -0.2) is 28.9 Å². The van der Waals surface area contributed by atoms with Gasteiger partial charge in [-0.1, -0.05) is 20.4 Å². The molecular weight excluding hydrogens is 270 g/mol. The monoisotopic (exact) mass is 291 g/mol. The van der Waals surface area contributed by atoms with Gasteiger partial charge in [-0.3, -0.25) is 9.59 Å². The van der Waals surface area contributed by atoms with Crippen LogP contribution < -0.4 is 0 Å². The average molecular weight is 291 g/mol. The molecule has 2 rings (SSSR count). The summed E-state index contributed by atoms with van der Waals surface area (Å²) in [6.45, 7) is 8.70. The van der Waals surface area contributed by atoms with Gasteiger partial charge in [-0.15, -0.1) is 0 Å². The fraction of sp³-hybridized carbons (Fsp3) is 0.562. The molecule has 0 radical (unpaired) electrons. The lowest BCUT2D eigenvalue weighted by Gasteiger charge is -2.29. The number of ether oxygens (including phenoxy) is 1. The molecule has 1 atom stereocenters. The van der Waals surface area contributed by atoms with Crippen molar-refractivity contribution in [2.45, 2.75) is 52.7 Å². The molecule has 1 unspecified atom stereocenters. The minimum atomic E-state index is -0.875. The van der Waals surface area contributed by atoms with Gasteiger partial charge in [-0.25, -0.2) is 9.69 Å². The summed E-state index contributed by atoms with van der Waals surface area (Å²) in [5.74, 6) is -1.37. The van der Waals surface area contributed by atoms with E-state index in [-0.39, 0.29) is 23.3 Å². The largest absolute Gasteiger partial charge is 0.437 e. The molecule has 0 saturated heterocycles. The fourth-order valence-electron chi connectivity index (χ4n) is 2.69. The summed E-state index contributed by atoms with van der Waals surface area (Å²) < 4.78 is 5.32. The predicted molar refractivity (Wildman–Crippen MR) is 76.9 cm³/mol. The van der Waals surface area contributed by atoms with Crippen molar-refractivity contribution in [3.63, 3.8) is 0 Å². The lowest BCUT2D eigenvalue weighted by molar-refractivity contribution is -0.168. The summed E-state index contributed by atoms with van der Waals surface area (Å²) >= 11 is 0. The zero-order valence-corrected chi connectivity index (χ0v) is 12.8. The summed E-state index contributed by atoms with van der Waals surface area (Å²) in [4.78, 5) is 37.8. The van der Waals surface area contributed by atoms with Crippen molar-refractivity contribution in [3.8, 4) is 0 Å². The lowest BCUT2D eigenvalue weighted by atomic mass is 9.93. The van der Waals surface area contributed by atoms with E-state index in [1.807, 2.05) is 13.8 Å². The highest BCUT2D eigenvalue weighted by Crippen LogP contribution is 2.35. The van der Waals surface area contributed by atoms with Gasteiger partial charge in [0.1, 0.15) is 0 Å². The molecule has 0 aromatic heterocycles. The van der Waals surface area contributed by atoms with E-state index in [2.05, 4.69) is 6.58 Å². The van der Waals surface area contributed by atoms with E-state index >= 15 is 0 Å². The summed E-state index contributed by atoms with van der Waals surface area (Å²) in [7, 11) is 0. The Labute approximate surface area is 124 Å². The molecule has 21 heavy (non-hydrogen) atoms. The SMILES string of the molecule is C=C(C)C(=O)OC(C(C)C)N1C(=O)C2=C(CCCC2)C1=O. The van der Waals surface area contributed by atoms with E-state index in [1.54, 1.807) is 0 Å².